The number of esters is 1. The van der Waals surface area contributed by atoms with Crippen LogP contribution >= 0.6 is 21.6 Å². The molecule has 1 aliphatic heterocycles. The Morgan fingerprint density at radius 1 is 1.25 bits per heavy atom. The molecule has 0 unspecified atom stereocenters. The number of aryl methyl sites for hydroxylation is 2. The normalized spacial score (nSPS) is 16.8. The van der Waals surface area contributed by atoms with Crippen LogP contribution in [0.1, 0.15) is 43.2 Å². The maximum atomic E-state index is 11.9. The summed E-state index contributed by atoms with van der Waals surface area (Å²) in [5.74, 6) is 0.660. The standard InChI is InChI=1S/C18H25NO3S2/c1-13-6-5-7-14(2)18(13)19-16(20)12-22-17(21)9-4-3-8-15-10-11-23-24-15/h5-7,15H,3-4,8-12H2,1-2H3,(H,19,20)/t15-/m1/s1. The molecular weight excluding hydrogens is 342 g/mol. The first-order valence-electron chi connectivity index (χ1n) is 8.36. The average Bonchev–Trinajstić information content (AvgIpc) is 3.06. The second kappa shape index (κ2) is 9.99. The molecule has 1 aromatic rings. The summed E-state index contributed by atoms with van der Waals surface area (Å²) in [4.78, 5) is 23.7. The molecule has 1 amide bonds. The first-order chi connectivity index (χ1) is 11.6. The van der Waals surface area contributed by atoms with Gasteiger partial charge in [-0.1, -0.05) is 46.2 Å². The van der Waals surface area contributed by atoms with Crippen LogP contribution in [0.4, 0.5) is 5.69 Å². The van der Waals surface area contributed by atoms with Gasteiger partial charge in [0, 0.05) is 23.1 Å². The molecule has 2 rings (SSSR count). The third kappa shape index (κ3) is 6.40. The number of unbranched alkanes of at least 4 members (excludes halogenated alkanes) is 1. The fourth-order valence-corrected chi connectivity index (χ4v) is 5.64. The molecule has 0 bridgehead atoms. The molecule has 1 heterocycles. The van der Waals surface area contributed by atoms with Crippen molar-refractivity contribution in [3.63, 3.8) is 0 Å². The van der Waals surface area contributed by atoms with Gasteiger partial charge in [-0.15, -0.1) is 0 Å². The van der Waals surface area contributed by atoms with Crippen molar-refractivity contribution in [2.45, 2.75) is 51.2 Å². The molecule has 0 aliphatic carbocycles. The molecule has 0 radical (unpaired) electrons. The highest BCUT2D eigenvalue weighted by Gasteiger charge is 2.16. The van der Waals surface area contributed by atoms with Crippen LogP contribution in [-0.4, -0.2) is 29.5 Å². The number of hydrogen-bond donors (Lipinski definition) is 1. The second-order valence-electron chi connectivity index (χ2n) is 6.05. The summed E-state index contributed by atoms with van der Waals surface area (Å²) >= 11 is 0. The minimum atomic E-state index is -0.292. The van der Waals surface area contributed by atoms with E-state index >= 15 is 0 Å². The van der Waals surface area contributed by atoms with E-state index in [1.54, 1.807) is 0 Å². The van der Waals surface area contributed by atoms with Gasteiger partial charge in [0.2, 0.25) is 0 Å². The number of para-hydroxylation sites is 1. The van der Waals surface area contributed by atoms with Crippen molar-refractivity contribution < 1.29 is 14.3 Å². The van der Waals surface area contributed by atoms with Gasteiger partial charge in [0.15, 0.2) is 6.61 Å². The Labute approximate surface area is 151 Å². The first kappa shape index (κ1) is 19.2. The molecule has 6 heteroatoms. The lowest BCUT2D eigenvalue weighted by Crippen LogP contribution is -2.21. The van der Waals surface area contributed by atoms with Crippen molar-refractivity contribution in [2.24, 2.45) is 0 Å². The summed E-state index contributed by atoms with van der Waals surface area (Å²) in [6.45, 7) is 3.66. The van der Waals surface area contributed by atoms with Gasteiger partial charge in [0.25, 0.3) is 5.91 Å². The van der Waals surface area contributed by atoms with Crippen LogP contribution in [0.5, 0.6) is 0 Å². The Bertz CT molecular complexity index is 551. The van der Waals surface area contributed by atoms with Crippen molar-refractivity contribution in [1.82, 2.24) is 0 Å². The van der Waals surface area contributed by atoms with E-state index in [4.69, 9.17) is 4.74 Å². The molecule has 1 N–H and O–H groups in total. The largest absolute Gasteiger partial charge is 0.456 e. The Hall–Kier alpha value is -1.14. The van der Waals surface area contributed by atoms with E-state index in [9.17, 15) is 9.59 Å². The maximum Gasteiger partial charge on any atom is 0.306 e. The van der Waals surface area contributed by atoms with Gasteiger partial charge in [-0.25, -0.2) is 0 Å². The van der Waals surface area contributed by atoms with Crippen LogP contribution in [0.2, 0.25) is 0 Å². The lowest BCUT2D eigenvalue weighted by atomic mass is 10.1. The molecule has 0 saturated carbocycles. The Balaban J connectivity index is 1.61. The van der Waals surface area contributed by atoms with Crippen LogP contribution in [-0.2, 0) is 14.3 Å². The summed E-state index contributed by atoms with van der Waals surface area (Å²) in [6, 6.07) is 5.83. The van der Waals surface area contributed by atoms with Crippen molar-refractivity contribution in [1.29, 1.82) is 0 Å². The highest BCUT2D eigenvalue weighted by molar-refractivity contribution is 8.77. The van der Waals surface area contributed by atoms with Gasteiger partial charge in [0.05, 0.1) is 0 Å². The third-order valence-electron chi connectivity index (χ3n) is 3.99. The third-order valence-corrected chi connectivity index (χ3v) is 7.00. The highest BCUT2D eigenvalue weighted by atomic mass is 33.1. The minimum Gasteiger partial charge on any atom is -0.456 e. The SMILES string of the molecule is Cc1cccc(C)c1NC(=O)COC(=O)CCCC[C@@H]1CCSS1. The molecule has 1 saturated heterocycles. The molecule has 0 spiro atoms. The van der Waals surface area contributed by atoms with Gasteiger partial charge in [-0.3, -0.25) is 9.59 Å². The van der Waals surface area contributed by atoms with Gasteiger partial charge in [-0.2, -0.15) is 0 Å². The van der Waals surface area contributed by atoms with Crippen LogP contribution in [0.15, 0.2) is 18.2 Å². The van der Waals surface area contributed by atoms with Crippen molar-refractivity contribution in [2.75, 3.05) is 17.7 Å². The van der Waals surface area contributed by atoms with Gasteiger partial charge in [0.1, 0.15) is 0 Å². The summed E-state index contributed by atoms with van der Waals surface area (Å²) in [5, 5.41) is 3.56. The molecule has 1 atom stereocenters. The zero-order chi connectivity index (χ0) is 17.4. The van der Waals surface area contributed by atoms with E-state index in [0.717, 1.165) is 41.3 Å². The fraction of sp³-hybridized carbons (Fsp3) is 0.556. The van der Waals surface area contributed by atoms with Crippen LogP contribution in [0, 0.1) is 13.8 Å². The first-order valence-corrected chi connectivity index (χ1v) is 10.7. The number of benzene rings is 1. The fourth-order valence-electron chi connectivity index (χ4n) is 2.61. The number of ether oxygens (including phenoxy) is 1. The molecule has 1 aliphatic rings. The van der Waals surface area contributed by atoms with Crippen molar-refractivity contribution in [3.05, 3.63) is 29.3 Å². The molecule has 24 heavy (non-hydrogen) atoms. The van der Waals surface area contributed by atoms with Crippen LogP contribution < -0.4 is 5.32 Å². The molecule has 4 nitrogen and oxygen atoms in total. The molecule has 0 aromatic heterocycles. The molecule has 132 valence electrons. The predicted octanol–water partition coefficient (Wildman–Crippen LogP) is 4.50. The monoisotopic (exact) mass is 367 g/mol. The Kier molecular flexibility index (Phi) is 7.99. The average molecular weight is 368 g/mol. The van der Waals surface area contributed by atoms with Crippen LogP contribution in [0.3, 0.4) is 0 Å². The van der Waals surface area contributed by atoms with E-state index < -0.39 is 0 Å². The molecule has 1 aromatic carbocycles. The highest BCUT2D eigenvalue weighted by Crippen LogP contribution is 2.39. The van der Waals surface area contributed by atoms with Crippen molar-refractivity contribution in [3.8, 4) is 0 Å². The van der Waals surface area contributed by atoms with E-state index in [0.29, 0.717) is 6.42 Å². The summed E-state index contributed by atoms with van der Waals surface area (Å²) in [6.07, 6.45) is 4.71. The van der Waals surface area contributed by atoms with E-state index in [-0.39, 0.29) is 18.5 Å². The Morgan fingerprint density at radius 2 is 2.00 bits per heavy atom. The second-order valence-corrected chi connectivity index (χ2v) is 8.84. The predicted molar refractivity (Wildman–Crippen MR) is 102 cm³/mol. The van der Waals surface area contributed by atoms with E-state index in [2.05, 4.69) is 5.32 Å². The zero-order valence-electron chi connectivity index (χ0n) is 14.3. The van der Waals surface area contributed by atoms with Crippen LogP contribution in [0.25, 0.3) is 0 Å². The molecular formula is C18H25NO3S2. The summed E-state index contributed by atoms with van der Waals surface area (Å²) in [5.41, 5.74) is 2.79. The number of rotatable bonds is 8. The number of amides is 1. The topological polar surface area (TPSA) is 55.4 Å². The summed E-state index contributed by atoms with van der Waals surface area (Å²) < 4.78 is 5.07. The Morgan fingerprint density at radius 3 is 2.67 bits per heavy atom. The number of anilines is 1. The van der Waals surface area contributed by atoms with Gasteiger partial charge < -0.3 is 10.1 Å². The smallest absolute Gasteiger partial charge is 0.306 e. The quantitative estimate of drug-likeness (QED) is 0.416. The number of carbonyl (C=O) groups excluding carboxylic acids is 2. The van der Waals surface area contributed by atoms with Gasteiger partial charge >= 0.3 is 5.97 Å². The number of hydrogen-bond acceptors (Lipinski definition) is 5. The van der Waals surface area contributed by atoms with Gasteiger partial charge in [-0.05, 0) is 44.2 Å². The lowest BCUT2D eigenvalue weighted by Gasteiger charge is -2.11. The number of nitrogens with one attached hydrogen (secondary N) is 1. The maximum absolute atomic E-state index is 11.9. The minimum absolute atomic E-state index is 0.221. The zero-order valence-corrected chi connectivity index (χ0v) is 15.9. The number of carbonyl (C=O) groups is 2. The summed E-state index contributed by atoms with van der Waals surface area (Å²) in [7, 11) is 3.91. The van der Waals surface area contributed by atoms with E-state index in [1.807, 2.05) is 53.6 Å². The lowest BCUT2D eigenvalue weighted by molar-refractivity contribution is -0.147. The van der Waals surface area contributed by atoms with Crippen molar-refractivity contribution >= 4 is 39.2 Å². The van der Waals surface area contributed by atoms with E-state index in [1.165, 1.54) is 12.2 Å². The molecule has 1 fully saturated rings.